The topological polar surface area (TPSA) is 20.3 Å². The van der Waals surface area contributed by atoms with Gasteiger partial charge in [0.15, 0.2) is 0 Å². The van der Waals surface area contributed by atoms with Crippen molar-refractivity contribution in [2.24, 2.45) is 5.41 Å². The Labute approximate surface area is 100 Å². The van der Waals surface area contributed by atoms with Crippen LogP contribution in [0.5, 0.6) is 0 Å². The number of rotatable bonds is 6. The lowest BCUT2D eigenvalue weighted by atomic mass is 9.78. The summed E-state index contributed by atoms with van der Waals surface area (Å²) in [5.74, 6) is 0.331. The Bertz CT molecular complexity index is 217. The fraction of sp³-hybridized carbons (Fsp3) is 0.929. The van der Waals surface area contributed by atoms with Gasteiger partial charge in [-0.2, -0.15) is 0 Å². The Hall–Kier alpha value is -0.370. The smallest absolute Gasteiger partial charge is 0.129 e. The molecule has 0 amide bonds. The molecule has 1 fully saturated rings. The summed E-state index contributed by atoms with van der Waals surface area (Å²) in [6, 6.07) is 0. The van der Waals surface area contributed by atoms with Gasteiger partial charge in [-0.25, -0.2) is 0 Å². The molecule has 1 saturated heterocycles. The molecular formula is C14H27NO. The lowest BCUT2D eigenvalue weighted by molar-refractivity contribution is -0.117. The Morgan fingerprint density at radius 2 is 1.88 bits per heavy atom. The quantitative estimate of drug-likeness (QED) is 0.647. The number of nitrogens with zero attached hydrogens (tertiary/aromatic N) is 1. The molecule has 2 heteroatoms. The van der Waals surface area contributed by atoms with E-state index in [1.807, 2.05) is 0 Å². The second-order valence-electron chi connectivity index (χ2n) is 5.66. The summed E-state index contributed by atoms with van der Waals surface area (Å²) < 4.78 is 0. The van der Waals surface area contributed by atoms with Crippen molar-refractivity contribution in [2.75, 3.05) is 19.6 Å². The molecule has 1 heterocycles. The largest absolute Gasteiger partial charge is 0.303 e. The summed E-state index contributed by atoms with van der Waals surface area (Å²) in [5.41, 5.74) is 0.593. The van der Waals surface area contributed by atoms with E-state index in [1.165, 1.54) is 45.3 Å². The van der Waals surface area contributed by atoms with E-state index >= 15 is 0 Å². The van der Waals surface area contributed by atoms with E-state index in [0.717, 1.165) is 12.8 Å². The van der Waals surface area contributed by atoms with Crippen LogP contribution in [0.15, 0.2) is 0 Å². The molecule has 1 aliphatic heterocycles. The van der Waals surface area contributed by atoms with Crippen molar-refractivity contribution in [3.05, 3.63) is 0 Å². The van der Waals surface area contributed by atoms with E-state index in [4.69, 9.17) is 0 Å². The lowest BCUT2D eigenvalue weighted by Crippen LogP contribution is -2.38. The van der Waals surface area contributed by atoms with Gasteiger partial charge in [0.2, 0.25) is 0 Å². The molecule has 16 heavy (non-hydrogen) atoms. The molecule has 0 unspecified atom stereocenters. The maximum Gasteiger partial charge on any atom is 0.129 e. The van der Waals surface area contributed by atoms with Crippen molar-refractivity contribution >= 4 is 5.78 Å². The third-order valence-electron chi connectivity index (χ3n) is 4.17. The second-order valence-corrected chi connectivity index (χ2v) is 5.66. The molecule has 0 aromatic carbocycles. The van der Waals surface area contributed by atoms with Crippen LogP contribution in [0.1, 0.15) is 59.3 Å². The van der Waals surface area contributed by atoms with Crippen LogP contribution in [-0.4, -0.2) is 30.3 Å². The summed E-state index contributed by atoms with van der Waals surface area (Å²) in [4.78, 5) is 13.4. The highest BCUT2D eigenvalue weighted by atomic mass is 16.1. The number of carbonyl (C=O) groups excluding carboxylic acids is 1. The van der Waals surface area contributed by atoms with Crippen molar-refractivity contribution in [1.82, 2.24) is 4.90 Å². The minimum Gasteiger partial charge on any atom is -0.303 e. The Morgan fingerprint density at radius 3 is 2.38 bits per heavy atom. The number of hydrogen-bond acceptors (Lipinski definition) is 2. The minimum atomic E-state index is 0.331. The van der Waals surface area contributed by atoms with Crippen molar-refractivity contribution < 1.29 is 4.79 Å². The van der Waals surface area contributed by atoms with E-state index in [0.29, 0.717) is 11.2 Å². The fourth-order valence-corrected chi connectivity index (χ4v) is 2.38. The minimum absolute atomic E-state index is 0.331. The second kappa shape index (κ2) is 6.39. The van der Waals surface area contributed by atoms with Crippen molar-refractivity contribution in [3.8, 4) is 0 Å². The van der Waals surface area contributed by atoms with Crippen LogP contribution in [0.3, 0.4) is 0 Å². The van der Waals surface area contributed by atoms with Gasteiger partial charge in [0, 0.05) is 6.42 Å². The number of Topliss-reactive ketones (excluding diaryl/α,β-unsaturated/α-hetero) is 1. The first kappa shape index (κ1) is 13.7. The predicted octanol–water partition coefficient (Wildman–Crippen LogP) is 3.26. The molecule has 1 rings (SSSR count). The Kier molecular flexibility index (Phi) is 5.47. The number of unbranched alkanes of at least 4 members (excludes halogenated alkanes) is 1. The van der Waals surface area contributed by atoms with Gasteiger partial charge in [-0.3, -0.25) is 0 Å². The zero-order valence-corrected chi connectivity index (χ0v) is 11.2. The summed E-state index contributed by atoms with van der Waals surface area (Å²) in [6.45, 7) is 10.1. The van der Waals surface area contributed by atoms with E-state index in [-0.39, 0.29) is 0 Å². The molecular weight excluding hydrogens is 198 g/mol. The van der Waals surface area contributed by atoms with Gasteiger partial charge in [0.25, 0.3) is 0 Å². The van der Waals surface area contributed by atoms with Crippen LogP contribution < -0.4 is 0 Å². The monoisotopic (exact) mass is 225 g/mol. The van der Waals surface area contributed by atoms with Crippen LogP contribution in [-0.2, 0) is 4.79 Å². The molecule has 0 N–H and O–H groups in total. The number of hydrogen-bond donors (Lipinski definition) is 0. The van der Waals surface area contributed by atoms with E-state index in [9.17, 15) is 4.79 Å². The van der Waals surface area contributed by atoms with Crippen LogP contribution in [0.4, 0.5) is 0 Å². The van der Waals surface area contributed by atoms with Gasteiger partial charge in [-0.1, -0.05) is 20.3 Å². The molecule has 0 atom stereocenters. The molecule has 0 spiro atoms. The van der Waals surface area contributed by atoms with Crippen LogP contribution in [0, 0.1) is 5.41 Å². The molecule has 2 nitrogen and oxygen atoms in total. The Balaban J connectivity index is 2.10. The lowest BCUT2D eigenvalue weighted by Gasteiger charge is -2.38. The predicted molar refractivity (Wildman–Crippen MR) is 68.6 cm³/mol. The number of piperidine rings is 1. The maximum atomic E-state index is 10.8. The van der Waals surface area contributed by atoms with E-state index < -0.39 is 0 Å². The molecule has 1 aliphatic rings. The van der Waals surface area contributed by atoms with Crippen LogP contribution >= 0.6 is 0 Å². The molecule has 0 saturated carbocycles. The van der Waals surface area contributed by atoms with Gasteiger partial charge in [0.1, 0.15) is 5.78 Å². The maximum absolute atomic E-state index is 10.8. The zero-order valence-electron chi connectivity index (χ0n) is 11.2. The Morgan fingerprint density at radius 1 is 1.25 bits per heavy atom. The van der Waals surface area contributed by atoms with E-state index in [1.54, 1.807) is 6.92 Å². The van der Waals surface area contributed by atoms with Gasteiger partial charge in [-0.15, -0.1) is 0 Å². The van der Waals surface area contributed by atoms with Gasteiger partial charge in [-0.05, 0) is 57.7 Å². The van der Waals surface area contributed by atoms with Crippen molar-refractivity contribution in [2.45, 2.75) is 59.3 Å². The molecule has 0 bridgehead atoms. The fourth-order valence-electron chi connectivity index (χ4n) is 2.38. The van der Waals surface area contributed by atoms with Crippen molar-refractivity contribution in [3.63, 3.8) is 0 Å². The number of ketones is 1. The molecule has 0 aromatic rings. The molecule has 0 aliphatic carbocycles. The SMILES string of the molecule is CCC1(C)CCN(CCCCC(C)=O)CC1. The summed E-state index contributed by atoms with van der Waals surface area (Å²) in [6.07, 6.45) is 7.01. The summed E-state index contributed by atoms with van der Waals surface area (Å²) in [7, 11) is 0. The first-order valence-electron chi connectivity index (χ1n) is 6.77. The van der Waals surface area contributed by atoms with Crippen molar-refractivity contribution in [1.29, 1.82) is 0 Å². The molecule has 0 radical (unpaired) electrons. The average molecular weight is 225 g/mol. The van der Waals surface area contributed by atoms with Gasteiger partial charge < -0.3 is 9.69 Å². The van der Waals surface area contributed by atoms with Crippen LogP contribution in [0.25, 0.3) is 0 Å². The van der Waals surface area contributed by atoms with Crippen LogP contribution in [0.2, 0.25) is 0 Å². The first-order valence-corrected chi connectivity index (χ1v) is 6.77. The first-order chi connectivity index (χ1) is 7.56. The van der Waals surface area contributed by atoms with Gasteiger partial charge >= 0.3 is 0 Å². The highest BCUT2D eigenvalue weighted by Gasteiger charge is 2.27. The highest BCUT2D eigenvalue weighted by molar-refractivity contribution is 5.75. The molecule has 94 valence electrons. The number of carbonyl (C=O) groups is 1. The summed E-state index contributed by atoms with van der Waals surface area (Å²) >= 11 is 0. The third-order valence-corrected chi connectivity index (χ3v) is 4.17. The molecule has 0 aromatic heterocycles. The standard InChI is InChI=1S/C14H27NO/c1-4-14(3)8-11-15(12-9-14)10-6-5-7-13(2)16/h4-12H2,1-3H3. The third kappa shape index (κ3) is 4.65. The van der Waals surface area contributed by atoms with E-state index in [2.05, 4.69) is 18.7 Å². The van der Waals surface area contributed by atoms with Gasteiger partial charge in [0.05, 0.1) is 0 Å². The average Bonchev–Trinajstić information content (AvgIpc) is 2.27. The zero-order chi connectivity index (χ0) is 12.0. The number of likely N-dealkylation sites (tertiary alicyclic amines) is 1. The summed E-state index contributed by atoms with van der Waals surface area (Å²) in [5, 5.41) is 0. The normalized spacial score (nSPS) is 20.9. The highest BCUT2D eigenvalue weighted by Crippen LogP contribution is 2.33.